The Bertz CT molecular complexity index is 1840. The van der Waals surface area contributed by atoms with Crippen LogP contribution in [0.15, 0.2) is 97.2 Å². The molecule has 13 heteroatoms. The fourth-order valence-electron chi connectivity index (χ4n) is 6.38. The molecule has 2 aliphatic heterocycles. The van der Waals surface area contributed by atoms with E-state index < -0.39 is 41.7 Å². The van der Waals surface area contributed by atoms with Crippen molar-refractivity contribution in [2.45, 2.75) is 43.9 Å². The molecule has 3 atom stereocenters. The number of benzene rings is 3. The van der Waals surface area contributed by atoms with Gasteiger partial charge in [0, 0.05) is 49.8 Å². The number of nitrogens with zero attached hydrogens (tertiary/aromatic N) is 4. The zero-order valence-electron chi connectivity index (χ0n) is 26.8. The van der Waals surface area contributed by atoms with Gasteiger partial charge in [0.2, 0.25) is 0 Å². The molecule has 0 saturated carbocycles. The molecule has 4 N–H and O–H groups in total. The smallest absolute Gasteiger partial charge is 0.390 e. The number of aromatic nitrogens is 2. The number of likely N-dealkylation sites (tertiary alicyclic amines) is 1. The average molecular weight is 675 g/mol. The van der Waals surface area contributed by atoms with Gasteiger partial charge in [-0.25, -0.2) is 4.68 Å². The second-order valence-electron chi connectivity index (χ2n) is 12.3. The molecule has 0 radical (unpaired) electrons. The minimum atomic E-state index is -4.65. The number of nitrogens with one attached hydrogen (secondary N) is 2. The van der Waals surface area contributed by atoms with Crippen molar-refractivity contribution in [1.29, 1.82) is 0 Å². The Morgan fingerprint density at radius 2 is 1.80 bits per heavy atom. The SMILES string of the molecule is C=C(CN1CC(O)C1)C(O)NCc1cccc([C@@H]2c3cnn(-c4ccccc4)c3N(CC)C(=O)[C@H]2NC(=O)c2cccc(C(F)(F)F)c2)c1. The van der Waals surface area contributed by atoms with Gasteiger partial charge >= 0.3 is 6.18 Å². The van der Waals surface area contributed by atoms with Gasteiger partial charge in [-0.1, -0.05) is 55.1 Å². The molecule has 6 rings (SSSR count). The number of likely N-dealkylation sites (N-methyl/N-ethyl adjacent to an activating group) is 1. The second kappa shape index (κ2) is 14.0. The molecule has 49 heavy (non-hydrogen) atoms. The van der Waals surface area contributed by atoms with E-state index in [1.165, 1.54) is 11.0 Å². The third-order valence-electron chi connectivity index (χ3n) is 8.84. The van der Waals surface area contributed by atoms with Crippen molar-refractivity contribution in [2.24, 2.45) is 0 Å². The normalized spacial score (nSPS) is 18.9. The van der Waals surface area contributed by atoms with Crippen molar-refractivity contribution in [1.82, 2.24) is 25.3 Å². The van der Waals surface area contributed by atoms with Gasteiger partial charge in [-0.2, -0.15) is 18.3 Å². The summed E-state index contributed by atoms with van der Waals surface area (Å²) in [4.78, 5) is 31.3. The highest BCUT2D eigenvalue weighted by atomic mass is 19.4. The quantitative estimate of drug-likeness (QED) is 0.141. The molecule has 1 fully saturated rings. The predicted molar refractivity (Wildman–Crippen MR) is 177 cm³/mol. The number of halogens is 3. The predicted octanol–water partition coefficient (Wildman–Crippen LogP) is 3.83. The second-order valence-corrected chi connectivity index (χ2v) is 12.3. The van der Waals surface area contributed by atoms with Crippen LogP contribution in [-0.2, 0) is 17.5 Å². The first-order valence-electron chi connectivity index (χ1n) is 16.0. The molecule has 1 unspecified atom stereocenters. The molecule has 0 bridgehead atoms. The summed E-state index contributed by atoms with van der Waals surface area (Å²) in [5, 5.41) is 30.7. The van der Waals surface area contributed by atoms with Crippen LogP contribution in [0.4, 0.5) is 19.0 Å². The molecule has 1 saturated heterocycles. The van der Waals surface area contributed by atoms with Gasteiger partial charge in [0.1, 0.15) is 18.1 Å². The van der Waals surface area contributed by atoms with Crippen LogP contribution >= 0.6 is 0 Å². The summed E-state index contributed by atoms with van der Waals surface area (Å²) in [5.74, 6) is -1.49. The Hall–Kier alpha value is -4.82. The van der Waals surface area contributed by atoms with Crippen molar-refractivity contribution >= 4 is 17.6 Å². The van der Waals surface area contributed by atoms with Crippen molar-refractivity contribution in [3.63, 3.8) is 0 Å². The van der Waals surface area contributed by atoms with Crippen LogP contribution in [-0.4, -0.2) is 81.3 Å². The third kappa shape index (κ3) is 7.15. The monoisotopic (exact) mass is 674 g/mol. The van der Waals surface area contributed by atoms with Gasteiger partial charge in [-0.05, 0) is 54.0 Å². The summed E-state index contributed by atoms with van der Waals surface area (Å²) in [6.07, 6.45) is -4.37. The highest BCUT2D eigenvalue weighted by Crippen LogP contribution is 2.42. The molecule has 3 aromatic carbocycles. The molecule has 3 heterocycles. The fraction of sp³-hybridized carbons (Fsp3) is 0.306. The summed E-state index contributed by atoms with van der Waals surface area (Å²) in [5.41, 5.74) is 2.16. The fourth-order valence-corrected chi connectivity index (χ4v) is 6.38. The number of aliphatic hydroxyl groups excluding tert-OH is 2. The van der Waals surface area contributed by atoms with Crippen LogP contribution in [0.3, 0.4) is 0 Å². The number of hydrogen-bond donors (Lipinski definition) is 4. The van der Waals surface area contributed by atoms with Crippen LogP contribution < -0.4 is 15.5 Å². The molecule has 2 amide bonds. The summed E-state index contributed by atoms with van der Waals surface area (Å²) >= 11 is 0. The van der Waals surface area contributed by atoms with Crippen LogP contribution in [0, 0.1) is 0 Å². The lowest BCUT2D eigenvalue weighted by atomic mass is 9.81. The first-order chi connectivity index (χ1) is 23.4. The van der Waals surface area contributed by atoms with E-state index >= 15 is 0 Å². The lowest BCUT2D eigenvalue weighted by Crippen LogP contribution is -2.55. The number of β-amino-alcohol motifs (C(OH)–C–C–N with tert-alkyl or cyclic N) is 1. The topological polar surface area (TPSA) is 123 Å². The van der Waals surface area contributed by atoms with E-state index in [0.717, 1.165) is 29.4 Å². The van der Waals surface area contributed by atoms with Gasteiger partial charge in [0.15, 0.2) is 0 Å². The summed E-state index contributed by atoms with van der Waals surface area (Å²) < 4.78 is 42.1. The Morgan fingerprint density at radius 1 is 1.06 bits per heavy atom. The number of hydrogen-bond acceptors (Lipinski definition) is 7. The maximum absolute atomic E-state index is 14.3. The number of para-hydroxylation sites is 1. The molecule has 0 aliphatic carbocycles. The lowest BCUT2D eigenvalue weighted by molar-refractivity contribution is -0.137. The Labute approximate surface area is 281 Å². The number of amides is 2. The average Bonchev–Trinajstić information content (AvgIpc) is 3.51. The lowest BCUT2D eigenvalue weighted by Gasteiger charge is -2.38. The van der Waals surface area contributed by atoms with Crippen LogP contribution in [0.1, 0.15) is 45.5 Å². The van der Waals surface area contributed by atoms with Crippen LogP contribution in [0.2, 0.25) is 0 Å². The summed E-state index contributed by atoms with van der Waals surface area (Å²) in [7, 11) is 0. The molecule has 0 spiro atoms. The third-order valence-corrected chi connectivity index (χ3v) is 8.84. The summed E-state index contributed by atoms with van der Waals surface area (Å²) in [6.45, 7) is 7.75. The zero-order valence-corrected chi connectivity index (χ0v) is 26.8. The Balaban J connectivity index is 1.34. The number of aliphatic hydroxyl groups is 2. The zero-order chi connectivity index (χ0) is 34.9. The molecule has 2 aliphatic rings. The number of alkyl halides is 3. The first kappa shape index (κ1) is 34.1. The van der Waals surface area contributed by atoms with Gasteiger partial charge < -0.3 is 15.5 Å². The van der Waals surface area contributed by atoms with E-state index in [2.05, 4.69) is 22.3 Å². The number of anilines is 1. The Kier molecular flexibility index (Phi) is 9.70. The van der Waals surface area contributed by atoms with Gasteiger partial charge in [-0.15, -0.1) is 0 Å². The highest BCUT2D eigenvalue weighted by Gasteiger charge is 2.44. The van der Waals surface area contributed by atoms with E-state index in [-0.39, 0.29) is 24.8 Å². The van der Waals surface area contributed by atoms with Crippen molar-refractivity contribution < 1.29 is 33.0 Å². The van der Waals surface area contributed by atoms with Crippen molar-refractivity contribution in [3.8, 4) is 5.69 Å². The van der Waals surface area contributed by atoms with E-state index in [0.29, 0.717) is 42.2 Å². The van der Waals surface area contributed by atoms with Gasteiger partial charge in [-0.3, -0.25) is 24.7 Å². The number of rotatable bonds is 11. The summed E-state index contributed by atoms with van der Waals surface area (Å²) in [6, 6.07) is 19.5. The molecular formula is C36H37F3N6O4. The van der Waals surface area contributed by atoms with E-state index in [1.54, 1.807) is 23.9 Å². The van der Waals surface area contributed by atoms with E-state index in [4.69, 9.17) is 0 Å². The maximum Gasteiger partial charge on any atom is 0.416 e. The first-order valence-corrected chi connectivity index (χ1v) is 16.0. The molecule has 10 nitrogen and oxygen atoms in total. The Morgan fingerprint density at radius 3 is 2.49 bits per heavy atom. The minimum absolute atomic E-state index is 0.227. The van der Waals surface area contributed by atoms with Gasteiger partial charge in [0.05, 0.1) is 23.6 Å². The molecule has 4 aromatic rings. The van der Waals surface area contributed by atoms with Crippen LogP contribution in [0.25, 0.3) is 5.69 Å². The van der Waals surface area contributed by atoms with Crippen LogP contribution in [0.5, 0.6) is 0 Å². The molecule has 256 valence electrons. The maximum atomic E-state index is 14.3. The van der Waals surface area contributed by atoms with E-state index in [1.807, 2.05) is 53.4 Å². The number of fused-ring (bicyclic) bond motifs is 1. The molecular weight excluding hydrogens is 637 g/mol. The standard InChI is InChI=1S/C36H37F3N6O4/c1-3-44-34-29(18-41-45(34)27-13-5-4-6-14-27)30(31(35(44)49)42-33(48)25-11-8-12-26(16-25)36(37,38)39)24-10-7-9-23(15-24)17-40-32(47)22(2)19-43-20-28(46)21-43/h4-16,18,28,30-32,40,46-47H,2-3,17,19-21H2,1H3,(H,42,48)/t30-,31+,32?/m1/s1. The largest absolute Gasteiger partial charge is 0.416 e. The number of carbonyl (C=O) groups is 2. The number of carbonyl (C=O) groups excluding carboxylic acids is 2. The van der Waals surface area contributed by atoms with Crippen molar-refractivity contribution in [2.75, 3.05) is 31.1 Å². The highest BCUT2D eigenvalue weighted by molar-refractivity contribution is 6.05. The minimum Gasteiger partial charge on any atom is -0.390 e. The molecule has 1 aromatic heterocycles. The van der Waals surface area contributed by atoms with E-state index in [9.17, 15) is 33.0 Å². The van der Waals surface area contributed by atoms with Gasteiger partial charge in [0.25, 0.3) is 11.8 Å². The van der Waals surface area contributed by atoms with Crippen molar-refractivity contribution in [3.05, 3.63) is 125 Å².